The van der Waals surface area contributed by atoms with Gasteiger partial charge >= 0.3 is 0 Å². The number of aryl methyl sites for hydroxylation is 2. The maximum Gasteiger partial charge on any atom is 0.150 e. The van der Waals surface area contributed by atoms with Crippen molar-refractivity contribution < 1.29 is 4.49 Å². The van der Waals surface area contributed by atoms with Crippen LogP contribution in [0.5, 0.6) is 0 Å². The van der Waals surface area contributed by atoms with Gasteiger partial charge in [0.05, 0.1) is 5.69 Å². The van der Waals surface area contributed by atoms with E-state index in [1.807, 2.05) is 18.4 Å². The van der Waals surface area contributed by atoms with Crippen LogP contribution in [0.15, 0.2) is 60.3 Å². The van der Waals surface area contributed by atoms with Gasteiger partial charge in [-0.1, -0.05) is 48.0 Å². The number of nitrogens with one attached hydrogen (secondary N) is 1. The van der Waals surface area contributed by atoms with Crippen molar-refractivity contribution >= 4 is 42.7 Å². The van der Waals surface area contributed by atoms with E-state index in [1.165, 1.54) is 27.5 Å². The van der Waals surface area contributed by atoms with Gasteiger partial charge in [-0.05, 0) is 60.9 Å². The minimum absolute atomic E-state index is 0.569. The Morgan fingerprint density at radius 1 is 1.14 bits per heavy atom. The van der Waals surface area contributed by atoms with E-state index in [9.17, 15) is 0 Å². The summed E-state index contributed by atoms with van der Waals surface area (Å²) < 4.78 is 1.65. The Morgan fingerprint density at radius 3 is 2.76 bits per heavy atom. The first-order valence-corrected chi connectivity index (χ1v) is 9.93. The van der Waals surface area contributed by atoms with Crippen molar-refractivity contribution in [1.29, 1.82) is 0 Å². The quantitative estimate of drug-likeness (QED) is 0.619. The van der Waals surface area contributed by atoms with Gasteiger partial charge in [-0.2, -0.15) is 0 Å². The molecule has 1 aliphatic heterocycles. The molecule has 3 aromatic rings. The second kappa shape index (κ2) is 8.10. The average molecular weight is 378 g/mol. The molecule has 0 unspecified atom stereocenters. The van der Waals surface area contributed by atoms with E-state index in [4.69, 9.17) is 13.7 Å². The molecule has 2 heterocycles. The molecule has 3 N–H and O–H groups in total. The van der Waals surface area contributed by atoms with E-state index in [0.717, 1.165) is 29.1 Å². The number of nitrogens with zero attached hydrogens (tertiary/aromatic N) is 1. The highest BCUT2D eigenvalue weighted by molar-refractivity contribution is 6.01. The number of fused-ring (bicyclic) bond motifs is 1. The smallest absolute Gasteiger partial charge is 0.150 e. The fourth-order valence-electron chi connectivity index (χ4n) is 3.90. The van der Waals surface area contributed by atoms with E-state index >= 15 is 0 Å². The van der Waals surface area contributed by atoms with Crippen molar-refractivity contribution in [3.05, 3.63) is 88.4 Å². The van der Waals surface area contributed by atoms with Crippen molar-refractivity contribution in [3.8, 4) is 0 Å². The lowest BCUT2D eigenvalue weighted by atomic mass is 10.0. The van der Waals surface area contributed by atoms with Gasteiger partial charge in [0.25, 0.3) is 0 Å². The number of hydrogen-bond donors (Lipinski definition) is 2. The number of aromatic amines is 1. The second-order valence-corrected chi connectivity index (χ2v) is 7.51. The predicted octanol–water partition coefficient (Wildman–Crippen LogP) is 4.75. The zero-order valence-electron chi connectivity index (χ0n) is 16.9. The Kier molecular flexibility index (Phi) is 5.37. The van der Waals surface area contributed by atoms with Crippen molar-refractivity contribution in [2.24, 2.45) is 5.73 Å². The zero-order valence-corrected chi connectivity index (χ0v) is 16.9. The van der Waals surface area contributed by atoms with E-state index in [2.05, 4.69) is 73.4 Å². The highest BCUT2D eigenvalue weighted by atomic mass is 14.9. The number of hydrogen-bond acceptors (Lipinski definition) is 1. The van der Waals surface area contributed by atoms with Crippen LogP contribution in [0.2, 0.25) is 0 Å². The highest BCUT2D eigenvalue weighted by Crippen LogP contribution is 2.28. The van der Waals surface area contributed by atoms with Gasteiger partial charge in [0, 0.05) is 23.4 Å². The lowest BCUT2D eigenvalue weighted by Gasteiger charge is -2.13. The molecule has 4 rings (SSSR count). The summed E-state index contributed by atoms with van der Waals surface area (Å²) in [6.45, 7) is 4.81. The van der Waals surface area contributed by atoms with Crippen LogP contribution in [0.25, 0.3) is 28.5 Å². The molecule has 29 heavy (non-hydrogen) atoms. The summed E-state index contributed by atoms with van der Waals surface area (Å²) in [4.78, 5) is 3.56. The van der Waals surface area contributed by atoms with Gasteiger partial charge in [-0.25, -0.2) is 0 Å². The Hall–Kier alpha value is -3.11. The average Bonchev–Trinajstić information content (AvgIpc) is 3.30. The number of H-pyrrole nitrogens is 1. The summed E-state index contributed by atoms with van der Waals surface area (Å²) in [5, 5.41) is 2.52. The van der Waals surface area contributed by atoms with Crippen molar-refractivity contribution in [1.82, 2.24) is 4.98 Å². The SMILES string of the molecule is [B-][N+]1=CC=CC1=C(CCN)c1[nH]c(/C=C/c2cccc3ccc(C)cc23)cc1C. The van der Waals surface area contributed by atoms with Crippen LogP contribution in [0.1, 0.15) is 34.5 Å². The lowest BCUT2D eigenvalue weighted by Crippen LogP contribution is -2.09. The number of nitrogens with two attached hydrogens (primary N) is 1. The summed E-state index contributed by atoms with van der Waals surface area (Å²) in [6.07, 6.45) is 10.9. The fourth-order valence-corrected chi connectivity index (χ4v) is 3.90. The van der Waals surface area contributed by atoms with Crippen LogP contribution in [0.4, 0.5) is 0 Å². The van der Waals surface area contributed by atoms with Gasteiger partial charge in [-0.3, -0.25) is 0 Å². The molecule has 2 aromatic carbocycles. The first kappa shape index (κ1) is 19.2. The summed E-state index contributed by atoms with van der Waals surface area (Å²) >= 11 is 0. The molecule has 1 aliphatic rings. The van der Waals surface area contributed by atoms with Gasteiger partial charge in [-0.15, -0.1) is 7.98 Å². The third-order valence-electron chi connectivity index (χ3n) is 5.33. The van der Waals surface area contributed by atoms with E-state index < -0.39 is 0 Å². The Morgan fingerprint density at radius 2 is 2.00 bits per heavy atom. The maximum absolute atomic E-state index is 6.09. The largest absolute Gasteiger partial charge is 0.509 e. The van der Waals surface area contributed by atoms with Crippen LogP contribution in [0, 0.1) is 13.8 Å². The highest BCUT2D eigenvalue weighted by Gasteiger charge is 2.16. The van der Waals surface area contributed by atoms with Crippen molar-refractivity contribution in [2.45, 2.75) is 20.3 Å². The van der Waals surface area contributed by atoms with Crippen LogP contribution in [-0.2, 0) is 0 Å². The van der Waals surface area contributed by atoms with E-state index in [0.29, 0.717) is 6.54 Å². The van der Waals surface area contributed by atoms with Gasteiger partial charge in [0.1, 0.15) is 6.21 Å². The topological polar surface area (TPSA) is 44.8 Å². The minimum atomic E-state index is 0.569. The molecule has 0 aliphatic carbocycles. The predicted molar refractivity (Wildman–Crippen MR) is 125 cm³/mol. The number of allylic oxidation sites excluding steroid dienone is 2. The Bertz CT molecular complexity index is 1190. The third-order valence-corrected chi connectivity index (χ3v) is 5.33. The zero-order chi connectivity index (χ0) is 20.4. The molecule has 0 fully saturated rings. The van der Waals surface area contributed by atoms with Crippen molar-refractivity contribution in [2.75, 3.05) is 6.54 Å². The van der Waals surface area contributed by atoms with Crippen molar-refractivity contribution in [3.63, 3.8) is 0 Å². The van der Waals surface area contributed by atoms with E-state index in [1.54, 1.807) is 4.49 Å². The Balaban J connectivity index is 1.71. The molecule has 0 saturated heterocycles. The maximum atomic E-state index is 6.09. The lowest BCUT2D eigenvalue weighted by molar-refractivity contribution is -0.294. The monoisotopic (exact) mass is 378 g/mol. The summed E-state index contributed by atoms with van der Waals surface area (Å²) in [5.41, 5.74) is 13.8. The number of benzene rings is 2. The van der Waals surface area contributed by atoms with Crippen LogP contribution in [-0.4, -0.2) is 30.2 Å². The van der Waals surface area contributed by atoms with Gasteiger partial charge in [0.15, 0.2) is 5.70 Å². The van der Waals surface area contributed by atoms with Crippen LogP contribution < -0.4 is 5.73 Å². The number of rotatable bonds is 5. The molecule has 0 atom stereocenters. The molecule has 0 bridgehead atoms. The third kappa shape index (κ3) is 3.89. The van der Waals surface area contributed by atoms with Gasteiger partial charge in [0.2, 0.25) is 0 Å². The number of aromatic nitrogens is 1. The molecule has 3 nitrogen and oxygen atoms in total. The molecule has 4 heteroatoms. The molecular formula is C25H25BN3. The van der Waals surface area contributed by atoms with Crippen LogP contribution in [0.3, 0.4) is 0 Å². The fraction of sp³-hybridized carbons (Fsp3) is 0.160. The first-order chi connectivity index (χ1) is 14.1. The molecule has 0 saturated carbocycles. The molecule has 143 valence electrons. The standard InChI is InChI=1S/C25H25BN3/c1-17-8-9-19-5-3-6-20(23(19)15-17)10-11-21-16-18(2)25(28-21)22(12-13-27)24-7-4-14-29(24)26/h3-11,14-16,28H,12-13,27H2,1-2H3/b11-10+,24-22?. The minimum Gasteiger partial charge on any atom is -0.509 e. The normalized spacial score (nSPS) is 15.5. The first-order valence-electron chi connectivity index (χ1n) is 9.93. The molecule has 0 spiro atoms. The Labute approximate surface area is 173 Å². The van der Waals surface area contributed by atoms with E-state index in [-0.39, 0.29) is 0 Å². The molecule has 0 amide bonds. The second-order valence-electron chi connectivity index (χ2n) is 7.51. The molecule has 3 radical (unpaired) electrons. The molecule has 1 aromatic heterocycles. The summed E-state index contributed by atoms with van der Waals surface area (Å²) in [7, 11) is 6.09. The molecular weight excluding hydrogens is 353 g/mol. The van der Waals surface area contributed by atoms with Crippen LogP contribution >= 0.6 is 0 Å². The summed E-state index contributed by atoms with van der Waals surface area (Å²) in [5.74, 6) is 0. The summed E-state index contributed by atoms with van der Waals surface area (Å²) in [6, 6.07) is 15.1. The van der Waals surface area contributed by atoms with Gasteiger partial charge < -0.3 is 15.2 Å².